The van der Waals surface area contributed by atoms with E-state index in [-0.39, 0.29) is 5.84 Å². The Morgan fingerprint density at radius 3 is 1.97 bits per heavy atom. The van der Waals surface area contributed by atoms with Crippen LogP contribution in [0.2, 0.25) is 10.0 Å². The van der Waals surface area contributed by atoms with Gasteiger partial charge < -0.3 is 31.2 Å². The van der Waals surface area contributed by atoms with Crippen LogP contribution < -0.4 is 31.2 Å². The van der Waals surface area contributed by atoms with E-state index in [1.807, 2.05) is 0 Å². The highest BCUT2D eigenvalue weighted by atomic mass is 35.5. The number of hydrogen-bond acceptors (Lipinski definition) is 7. The fourth-order valence-electron chi connectivity index (χ4n) is 4.30. The third-order valence-electron chi connectivity index (χ3n) is 5.98. The lowest BCUT2D eigenvalue weighted by atomic mass is 10.0. The third-order valence-corrected chi connectivity index (χ3v) is 7.03. The van der Waals surface area contributed by atoms with Crippen molar-refractivity contribution in [1.29, 1.82) is 5.41 Å². The lowest BCUT2D eigenvalue weighted by molar-refractivity contribution is 0.395. The van der Waals surface area contributed by atoms with Gasteiger partial charge in [-0.15, -0.1) is 12.6 Å². The monoisotopic (exact) mass is 561 g/mol. The van der Waals surface area contributed by atoms with Crippen LogP contribution >= 0.6 is 35.8 Å². The largest absolute Gasteiger partial charge is 0.495 e. The van der Waals surface area contributed by atoms with Gasteiger partial charge in [0.2, 0.25) is 0 Å². The van der Waals surface area contributed by atoms with Gasteiger partial charge in [0.15, 0.2) is 0 Å². The van der Waals surface area contributed by atoms with Gasteiger partial charge in [0.25, 0.3) is 0 Å². The molecule has 10 heteroatoms. The molecule has 1 fully saturated rings. The first-order valence-corrected chi connectivity index (χ1v) is 12.9. The van der Waals surface area contributed by atoms with E-state index < -0.39 is 0 Å². The van der Waals surface area contributed by atoms with Crippen molar-refractivity contribution in [1.82, 2.24) is 5.32 Å². The molecular weight excluding hydrogens is 529 g/mol. The van der Waals surface area contributed by atoms with Gasteiger partial charge in [0, 0.05) is 58.6 Å². The molecule has 1 aliphatic rings. The van der Waals surface area contributed by atoms with Crippen molar-refractivity contribution in [3.05, 3.63) is 64.1 Å². The fraction of sp³-hybridized carbons (Fsp3) is 0.296. The molecule has 6 N–H and O–H groups in total. The third kappa shape index (κ3) is 6.96. The standard InChI is InChI=1S/C15H15Cl2N3O2.C12H18N2S/c1-21-10-6-11(22-2)14(17)12(13(10)16)7-3-4-8(15(19)20)9(18)5-7;1-9-7-14(8-10(2)13-9)11-3-5-12(15)6-4-11/h3-6H,18H2,1-2H3,(H3,19,20);3-6,9-10,13,15H,7-8H2,1-2H3/t;9-,10+. The Bertz CT molecular complexity index is 1220. The predicted octanol–water partition coefficient (Wildman–Crippen LogP) is 5.71. The molecule has 0 radical (unpaired) electrons. The van der Waals surface area contributed by atoms with Crippen LogP contribution in [0.1, 0.15) is 19.4 Å². The zero-order valence-corrected chi connectivity index (χ0v) is 23.7. The molecule has 0 aromatic heterocycles. The zero-order chi connectivity index (χ0) is 27.3. The van der Waals surface area contributed by atoms with E-state index in [0.29, 0.717) is 56.0 Å². The maximum absolute atomic E-state index is 7.47. The summed E-state index contributed by atoms with van der Waals surface area (Å²) in [6.07, 6.45) is 0. The van der Waals surface area contributed by atoms with Crippen LogP contribution in [0.3, 0.4) is 0 Å². The van der Waals surface area contributed by atoms with Crippen LogP contribution in [0.25, 0.3) is 11.1 Å². The number of ether oxygens (including phenoxy) is 2. The van der Waals surface area contributed by atoms with Crippen LogP contribution in [0.5, 0.6) is 11.5 Å². The first-order chi connectivity index (χ1) is 17.5. The highest BCUT2D eigenvalue weighted by Gasteiger charge is 2.21. The summed E-state index contributed by atoms with van der Waals surface area (Å²) in [5.41, 5.74) is 14.7. The van der Waals surface area contributed by atoms with Crippen LogP contribution in [-0.2, 0) is 0 Å². The number of anilines is 2. The quantitative estimate of drug-likeness (QED) is 0.118. The zero-order valence-electron chi connectivity index (χ0n) is 21.3. The Labute approximate surface area is 233 Å². The van der Waals surface area contributed by atoms with E-state index in [9.17, 15) is 0 Å². The summed E-state index contributed by atoms with van der Waals surface area (Å²) in [5.74, 6) is 0.767. The van der Waals surface area contributed by atoms with Gasteiger partial charge in [-0.05, 0) is 55.8 Å². The Morgan fingerprint density at radius 2 is 1.51 bits per heavy atom. The van der Waals surface area contributed by atoms with Crippen LogP contribution in [0.15, 0.2) is 53.4 Å². The Hall–Kier alpha value is -2.78. The summed E-state index contributed by atoms with van der Waals surface area (Å²) in [6, 6.07) is 16.2. The van der Waals surface area contributed by atoms with E-state index in [1.54, 1.807) is 24.3 Å². The first-order valence-electron chi connectivity index (χ1n) is 11.7. The van der Waals surface area contributed by atoms with E-state index in [2.05, 4.69) is 61.0 Å². The van der Waals surface area contributed by atoms with Crippen molar-refractivity contribution < 1.29 is 9.47 Å². The second-order valence-electron chi connectivity index (χ2n) is 8.89. The average Bonchev–Trinajstić information content (AvgIpc) is 2.84. The number of nitrogens with two attached hydrogens (primary N) is 2. The number of piperazine rings is 1. The molecule has 1 aliphatic heterocycles. The van der Waals surface area contributed by atoms with Crippen LogP contribution in [-0.4, -0.2) is 45.2 Å². The molecular formula is C27H33Cl2N5O2S. The number of halogens is 2. The molecule has 0 saturated carbocycles. The number of rotatable bonds is 5. The molecule has 198 valence electrons. The number of hydrogen-bond donors (Lipinski definition) is 5. The molecule has 37 heavy (non-hydrogen) atoms. The Balaban J connectivity index is 0.000000220. The van der Waals surface area contributed by atoms with Gasteiger partial charge in [-0.1, -0.05) is 29.3 Å². The van der Waals surface area contributed by atoms with Crippen molar-refractivity contribution in [3.63, 3.8) is 0 Å². The van der Waals surface area contributed by atoms with Gasteiger partial charge in [0.05, 0.1) is 24.3 Å². The number of benzene rings is 3. The number of methoxy groups -OCH3 is 2. The van der Waals surface area contributed by atoms with Crippen molar-refractivity contribution in [2.45, 2.75) is 30.8 Å². The lowest BCUT2D eigenvalue weighted by Crippen LogP contribution is -2.54. The second-order valence-corrected chi connectivity index (χ2v) is 10.2. The first kappa shape index (κ1) is 28.8. The smallest absolute Gasteiger partial charge is 0.141 e. The molecule has 0 unspecified atom stereocenters. The Kier molecular flexibility index (Phi) is 9.84. The minimum Gasteiger partial charge on any atom is -0.495 e. The minimum absolute atomic E-state index is 0.107. The summed E-state index contributed by atoms with van der Waals surface area (Å²) >= 11 is 17.0. The molecule has 1 saturated heterocycles. The topological polar surface area (TPSA) is 110 Å². The fourth-order valence-corrected chi connectivity index (χ4v) is 5.17. The van der Waals surface area contributed by atoms with Crippen molar-refractivity contribution in [3.8, 4) is 22.6 Å². The molecule has 3 aromatic rings. The number of thiol groups is 1. The van der Waals surface area contributed by atoms with E-state index in [1.165, 1.54) is 19.9 Å². The highest BCUT2D eigenvalue weighted by molar-refractivity contribution is 7.80. The summed E-state index contributed by atoms with van der Waals surface area (Å²) in [7, 11) is 3.01. The van der Waals surface area contributed by atoms with Gasteiger partial charge in [-0.2, -0.15) is 0 Å². The van der Waals surface area contributed by atoms with Gasteiger partial charge in [0.1, 0.15) is 17.3 Å². The molecule has 1 heterocycles. The van der Waals surface area contributed by atoms with E-state index in [4.69, 9.17) is 49.6 Å². The van der Waals surface area contributed by atoms with Crippen molar-refractivity contribution in [2.24, 2.45) is 5.73 Å². The maximum Gasteiger partial charge on any atom is 0.141 e. The highest BCUT2D eigenvalue weighted by Crippen LogP contribution is 2.46. The predicted molar refractivity (Wildman–Crippen MR) is 158 cm³/mol. The molecule has 0 spiro atoms. The normalized spacial score (nSPS) is 17.0. The summed E-state index contributed by atoms with van der Waals surface area (Å²) in [5, 5.41) is 11.7. The molecule has 2 atom stereocenters. The molecule has 4 rings (SSSR count). The molecule has 0 aliphatic carbocycles. The van der Waals surface area contributed by atoms with E-state index >= 15 is 0 Å². The molecule has 0 amide bonds. The van der Waals surface area contributed by atoms with Crippen LogP contribution in [0, 0.1) is 5.41 Å². The average molecular weight is 563 g/mol. The number of amidine groups is 1. The minimum atomic E-state index is -0.107. The van der Waals surface area contributed by atoms with Crippen LogP contribution in [0.4, 0.5) is 11.4 Å². The van der Waals surface area contributed by atoms with Gasteiger partial charge >= 0.3 is 0 Å². The summed E-state index contributed by atoms with van der Waals surface area (Å²) in [6.45, 7) is 6.62. The van der Waals surface area contributed by atoms with Gasteiger partial charge in [-0.25, -0.2) is 0 Å². The van der Waals surface area contributed by atoms with E-state index in [0.717, 1.165) is 18.0 Å². The maximum atomic E-state index is 7.47. The van der Waals surface area contributed by atoms with Crippen molar-refractivity contribution >= 4 is 53.0 Å². The number of nitrogen functional groups attached to an aromatic ring is 2. The Morgan fingerprint density at radius 1 is 0.973 bits per heavy atom. The number of nitrogens with one attached hydrogen (secondary N) is 2. The number of nitrogens with zero attached hydrogens (tertiary/aromatic N) is 1. The van der Waals surface area contributed by atoms with Crippen molar-refractivity contribution in [2.75, 3.05) is 37.9 Å². The SMILES string of the molecule is COc1cc(OC)c(Cl)c(-c2ccc(C(=N)N)c(N)c2)c1Cl.C[C@@H]1CN(c2ccc(S)cc2)C[C@H](C)N1. The lowest BCUT2D eigenvalue weighted by Gasteiger charge is -2.37. The summed E-state index contributed by atoms with van der Waals surface area (Å²) < 4.78 is 10.5. The molecule has 7 nitrogen and oxygen atoms in total. The molecule has 3 aromatic carbocycles. The summed E-state index contributed by atoms with van der Waals surface area (Å²) in [4.78, 5) is 3.45. The second kappa shape index (κ2) is 12.6. The van der Waals surface area contributed by atoms with Gasteiger partial charge in [-0.3, -0.25) is 5.41 Å². The molecule has 0 bridgehead atoms.